The van der Waals surface area contributed by atoms with Gasteiger partial charge in [0, 0.05) is 11.1 Å². The molecule has 2 unspecified atom stereocenters. The monoisotopic (exact) mass is 270 g/mol. The first-order chi connectivity index (χ1) is 8.43. The molecular formula is C13H19ClN2O2. The molecule has 0 heterocycles. The van der Waals surface area contributed by atoms with Crippen molar-refractivity contribution in [2.75, 3.05) is 0 Å². The van der Waals surface area contributed by atoms with Gasteiger partial charge in [-0.1, -0.05) is 18.5 Å². The standard InChI is InChI=1S/C13H19ClN2O2/c1-3-11(15)7-9-6-10(14)4-5-12(9)18-8(2)13(16)17/h4-6,8,11H,3,7,15H2,1-2H3,(H2,16,17). The summed E-state index contributed by atoms with van der Waals surface area (Å²) in [5.74, 6) is 0.102. The van der Waals surface area contributed by atoms with Gasteiger partial charge in [-0.05, 0) is 43.5 Å². The Kier molecular flexibility index (Phi) is 5.44. The first-order valence-electron chi connectivity index (χ1n) is 5.94. The Bertz CT molecular complexity index is 423. The molecule has 0 radical (unpaired) electrons. The number of benzene rings is 1. The summed E-state index contributed by atoms with van der Waals surface area (Å²) in [7, 11) is 0. The first kappa shape index (κ1) is 14.8. The second-order valence-electron chi connectivity index (χ2n) is 4.29. The van der Waals surface area contributed by atoms with E-state index in [1.165, 1.54) is 0 Å². The summed E-state index contributed by atoms with van der Waals surface area (Å²) in [6.45, 7) is 3.63. The Morgan fingerprint density at radius 3 is 2.72 bits per heavy atom. The summed E-state index contributed by atoms with van der Waals surface area (Å²) >= 11 is 5.95. The molecule has 0 aliphatic rings. The van der Waals surface area contributed by atoms with Crippen LogP contribution in [0.4, 0.5) is 0 Å². The summed E-state index contributed by atoms with van der Waals surface area (Å²) in [5, 5.41) is 0.618. The zero-order valence-electron chi connectivity index (χ0n) is 10.7. The molecule has 0 aliphatic carbocycles. The van der Waals surface area contributed by atoms with Gasteiger partial charge < -0.3 is 16.2 Å². The van der Waals surface area contributed by atoms with Crippen LogP contribution in [0.25, 0.3) is 0 Å². The van der Waals surface area contributed by atoms with Crippen molar-refractivity contribution in [3.63, 3.8) is 0 Å². The molecule has 1 amide bonds. The molecule has 0 aromatic heterocycles. The van der Waals surface area contributed by atoms with E-state index in [0.717, 1.165) is 12.0 Å². The van der Waals surface area contributed by atoms with Gasteiger partial charge in [0.25, 0.3) is 5.91 Å². The average Bonchev–Trinajstić information content (AvgIpc) is 2.32. The van der Waals surface area contributed by atoms with E-state index in [2.05, 4.69) is 0 Å². The molecule has 100 valence electrons. The lowest BCUT2D eigenvalue weighted by Gasteiger charge is -2.17. The number of nitrogens with two attached hydrogens (primary N) is 2. The Balaban J connectivity index is 2.92. The number of carbonyl (C=O) groups excluding carboxylic acids is 1. The van der Waals surface area contributed by atoms with Gasteiger partial charge in [-0.25, -0.2) is 0 Å². The Morgan fingerprint density at radius 2 is 2.17 bits per heavy atom. The lowest BCUT2D eigenvalue weighted by Crippen LogP contribution is -2.31. The van der Waals surface area contributed by atoms with Gasteiger partial charge in [-0.3, -0.25) is 4.79 Å². The molecular weight excluding hydrogens is 252 g/mol. The van der Waals surface area contributed by atoms with Crippen molar-refractivity contribution in [2.45, 2.75) is 38.8 Å². The largest absolute Gasteiger partial charge is 0.481 e. The number of hydrogen-bond acceptors (Lipinski definition) is 3. The number of halogens is 1. The number of carbonyl (C=O) groups is 1. The maximum Gasteiger partial charge on any atom is 0.258 e. The number of ether oxygens (including phenoxy) is 1. The maximum absolute atomic E-state index is 11.0. The molecule has 0 spiro atoms. The third kappa shape index (κ3) is 4.20. The van der Waals surface area contributed by atoms with Crippen molar-refractivity contribution in [1.29, 1.82) is 0 Å². The van der Waals surface area contributed by atoms with Crippen LogP contribution in [0, 0.1) is 0 Å². The summed E-state index contributed by atoms with van der Waals surface area (Å²) in [6, 6.07) is 5.29. The van der Waals surface area contributed by atoms with Crippen LogP contribution in [0.15, 0.2) is 18.2 Å². The molecule has 0 aliphatic heterocycles. The third-order valence-electron chi connectivity index (χ3n) is 2.73. The van der Waals surface area contributed by atoms with Crippen LogP contribution in [-0.4, -0.2) is 18.1 Å². The molecule has 5 heteroatoms. The normalized spacial score (nSPS) is 14.0. The minimum Gasteiger partial charge on any atom is -0.481 e. The second kappa shape index (κ2) is 6.61. The van der Waals surface area contributed by atoms with Crippen molar-refractivity contribution in [3.8, 4) is 5.75 Å². The molecule has 1 rings (SSSR count). The van der Waals surface area contributed by atoms with E-state index in [-0.39, 0.29) is 6.04 Å². The summed E-state index contributed by atoms with van der Waals surface area (Å²) in [6.07, 6.45) is 0.831. The molecule has 0 saturated heterocycles. The number of hydrogen-bond donors (Lipinski definition) is 2. The highest BCUT2D eigenvalue weighted by Gasteiger charge is 2.14. The highest BCUT2D eigenvalue weighted by molar-refractivity contribution is 6.30. The lowest BCUT2D eigenvalue weighted by molar-refractivity contribution is -0.124. The van der Waals surface area contributed by atoms with E-state index >= 15 is 0 Å². The van der Waals surface area contributed by atoms with Gasteiger partial charge in [-0.15, -0.1) is 0 Å². The van der Waals surface area contributed by atoms with Gasteiger partial charge in [0.2, 0.25) is 0 Å². The van der Waals surface area contributed by atoms with E-state index < -0.39 is 12.0 Å². The minimum absolute atomic E-state index is 0.0368. The molecule has 0 fully saturated rings. The van der Waals surface area contributed by atoms with Crippen LogP contribution in [0.3, 0.4) is 0 Å². The van der Waals surface area contributed by atoms with Crippen molar-refractivity contribution < 1.29 is 9.53 Å². The fourth-order valence-electron chi connectivity index (χ4n) is 1.50. The van der Waals surface area contributed by atoms with Gasteiger partial charge in [-0.2, -0.15) is 0 Å². The average molecular weight is 271 g/mol. The van der Waals surface area contributed by atoms with Gasteiger partial charge in [0.1, 0.15) is 5.75 Å². The van der Waals surface area contributed by atoms with E-state index in [9.17, 15) is 4.79 Å². The number of primary amides is 1. The Labute approximate surface area is 112 Å². The molecule has 0 bridgehead atoms. The fraction of sp³-hybridized carbons (Fsp3) is 0.462. The van der Waals surface area contributed by atoms with E-state index in [4.69, 9.17) is 27.8 Å². The van der Waals surface area contributed by atoms with Crippen LogP contribution in [0.5, 0.6) is 5.75 Å². The van der Waals surface area contributed by atoms with E-state index in [1.54, 1.807) is 25.1 Å². The molecule has 1 aromatic carbocycles. The minimum atomic E-state index is -0.678. The summed E-state index contributed by atoms with van der Waals surface area (Å²) in [4.78, 5) is 11.0. The Morgan fingerprint density at radius 1 is 1.50 bits per heavy atom. The van der Waals surface area contributed by atoms with Crippen LogP contribution < -0.4 is 16.2 Å². The van der Waals surface area contributed by atoms with Gasteiger partial charge in [0.15, 0.2) is 6.10 Å². The van der Waals surface area contributed by atoms with E-state index in [1.807, 2.05) is 6.92 Å². The van der Waals surface area contributed by atoms with Crippen LogP contribution in [0.2, 0.25) is 5.02 Å². The zero-order chi connectivity index (χ0) is 13.7. The van der Waals surface area contributed by atoms with E-state index in [0.29, 0.717) is 17.2 Å². The molecule has 0 saturated carbocycles. The predicted molar refractivity (Wildman–Crippen MR) is 72.7 cm³/mol. The topological polar surface area (TPSA) is 78.3 Å². The quantitative estimate of drug-likeness (QED) is 0.828. The smallest absolute Gasteiger partial charge is 0.258 e. The molecule has 18 heavy (non-hydrogen) atoms. The van der Waals surface area contributed by atoms with Gasteiger partial charge in [0.05, 0.1) is 0 Å². The zero-order valence-corrected chi connectivity index (χ0v) is 11.4. The fourth-order valence-corrected chi connectivity index (χ4v) is 1.69. The van der Waals surface area contributed by atoms with Crippen LogP contribution in [0.1, 0.15) is 25.8 Å². The summed E-state index contributed by atoms with van der Waals surface area (Å²) in [5.41, 5.74) is 12.0. The molecule has 4 nitrogen and oxygen atoms in total. The van der Waals surface area contributed by atoms with Gasteiger partial charge >= 0.3 is 0 Å². The second-order valence-corrected chi connectivity index (χ2v) is 4.72. The first-order valence-corrected chi connectivity index (χ1v) is 6.31. The molecule has 4 N–H and O–H groups in total. The van der Waals surface area contributed by atoms with Crippen LogP contribution in [-0.2, 0) is 11.2 Å². The lowest BCUT2D eigenvalue weighted by atomic mass is 10.0. The van der Waals surface area contributed by atoms with Crippen molar-refractivity contribution in [1.82, 2.24) is 0 Å². The van der Waals surface area contributed by atoms with Crippen molar-refractivity contribution in [3.05, 3.63) is 28.8 Å². The van der Waals surface area contributed by atoms with Crippen molar-refractivity contribution >= 4 is 17.5 Å². The number of amides is 1. The summed E-state index contributed by atoms with van der Waals surface area (Å²) < 4.78 is 5.52. The third-order valence-corrected chi connectivity index (χ3v) is 2.97. The number of rotatable bonds is 6. The molecule has 1 aromatic rings. The predicted octanol–water partition coefficient (Wildman–Crippen LogP) is 1.87. The van der Waals surface area contributed by atoms with Crippen molar-refractivity contribution in [2.24, 2.45) is 11.5 Å². The highest BCUT2D eigenvalue weighted by Crippen LogP contribution is 2.25. The molecule has 2 atom stereocenters. The Hall–Kier alpha value is -1.26. The van der Waals surface area contributed by atoms with Crippen LogP contribution >= 0.6 is 11.6 Å². The highest BCUT2D eigenvalue weighted by atomic mass is 35.5. The maximum atomic E-state index is 11.0. The SMILES string of the molecule is CCC(N)Cc1cc(Cl)ccc1OC(C)C(N)=O.